The Morgan fingerprint density at radius 3 is 2.90 bits per heavy atom. The summed E-state index contributed by atoms with van der Waals surface area (Å²) in [5.41, 5.74) is 7.69. The van der Waals surface area contributed by atoms with E-state index in [1.54, 1.807) is 12.1 Å². The van der Waals surface area contributed by atoms with Crippen LogP contribution in [0, 0.1) is 0 Å². The van der Waals surface area contributed by atoms with Gasteiger partial charge in [-0.15, -0.1) is 4.40 Å². The fourth-order valence-corrected chi connectivity index (χ4v) is 2.92. The second-order valence-corrected chi connectivity index (χ2v) is 5.82. The highest BCUT2D eigenvalue weighted by molar-refractivity contribution is 7.91. The van der Waals surface area contributed by atoms with Crippen molar-refractivity contribution in [2.75, 3.05) is 11.3 Å². The van der Waals surface area contributed by atoms with Gasteiger partial charge in [0.15, 0.2) is 0 Å². The number of hydrogen-bond acceptors (Lipinski definition) is 4. The summed E-state index contributed by atoms with van der Waals surface area (Å²) in [6.07, 6.45) is 1.40. The molecule has 0 aliphatic carbocycles. The van der Waals surface area contributed by atoms with Gasteiger partial charge in [0.2, 0.25) is 5.91 Å². The van der Waals surface area contributed by atoms with E-state index in [0.29, 0.717) is 24.2 Å². The van der Waals surface area contributed by atoms with E-state index in [1.165, 1.54) is 6.92 Å². The molecule has 1 aliphatic heterocycles. The molecule has 0 aromatic heterocycles. The number of aryl methyl sites for hydroxylation is 1. The molecule has 0 saturated carbocycles. The Morgan fingerprint density at radius 1 is 1.45 bits per heavy atom. The lowest BCUT2D eigenvalue weighted by molar-refractivity contribution is -0.118. The van der Waals surface area contributed by atoms with Crippen molar-refractivity contribution in [2.45, 2.75) is 19.8 Å². The van der Waals surface area contributed by atoms with Crippen molar-refractivity contribution < 1.29 is 13.2 Å². The van der Waals surface area contributed by atoms with E-state index in [0.717, 1.165) is 12.0 Å². The Kier molecular flexibility index (Phi) is 3.93. The molecule has 1 amide bonds. The van der Waals surface area contributed by atoms with Gasteiger partial charge >= 0.3 is 10.2 Å². The van der Waals surface area contributed by atoms with Gasteiger partial charge in [-0.25, -0.2) is 0 Å². The Morgan fingerprint density at radius 2 is 2.20 bits per heavy atom. The van der Waals surface area contributed by atoms with Gasteiger partial charge in [0, 0.05) is 19.0 Å². The topological polar surface area (TPSA) is 114 Å². The van der Waals surface area contributed by atoms with E-state index in [9.17, 15) is 13.2 Å². The van der Waals surface area contributed by atoms with E-state index in [-0.39, 0.29) is 11.7 Å². The maximum Gasteiger partial charge on any atom is 0.344 e. The van der Waals surface area contributed by atoms with Gasteiger partial charge in [0.1, 0.15) is 5.84 Å². The minimum atomic E-state index is -3.74. The summed E-state index contributed by atoms with van der Waals surface area (Å²) < 4.78 is 28.7. The van der Waals surface area contributed by atoms with Crippen LogP contribution in [-0.2, 0) is 21.4 Å². The van der Waals surface area contributed by atoms with Crippen molar-refractivity contribution in [3.05, 3.63) is 29.3 Å². The lowest BCUT2D eigenvalue weighted by Gasteiger charge is -2.18. The summed E-state index contributed by atoms with van der Waals surface area (Å²) in [5.74, 6) is -0.0807. The van der Waals surface area contributed by atoms with Crippen LogP contribution >= 0.6 is 0 Å². The Hall–Kier alpha value is -2.09. The minimum absolute atomic E-state index is 0.00567. The predicted molar refractivity (Wildman–Crippen MR) is 76.7 cm³/mol. The second kappa shape index (κ2) is 5.49. The number of fused-ring (bicyclic) bond motifs is 1. The molecule has 0 atom stereocenters. The number of carbonyl (C=O) groups excluding carboxylic acids is 1. The molecule has 7 nitrogen and oxygen atoms in total. The number of benzene rings is 1. The van der Waals surface area contributed by atoms with Crippen molar-refractivity contribution in [1.29, 1.82) is 0 Å². The molecule has 0 fully saturated rings. The molecule has 0 bridgehead atoms. The number of nitrogens with one attached hydrogen (secondary N) is 2. The zero-order valence-electron chi connectivity index (χ0n) is 11.0. The van der Waals surface area contributed by atoms with Crippen LogP contribution in [0.4, 0.5) is 5.69 Å². The first-order valence-electron chi connectivity index (χ1n) is 6.14. The van der Waals surface area contributed by atoms with Crippen LogP contribution in [0.3, 0.4) is 0 Å². The fourth-order valence-electron chi connectivity index (χ4n) is 2.08. The number of amides is 1. The molecule has 108 valence electrons. The molecule has 1 aliphatic rings. The van der Waals surface area contributed by atoms with Crippen LogP contribution in [0.5, 0.6) is 0 Å². The maximum absolute atomic E-state index is 11.4. The molecule has 8 heteroatoms. The lowest BCUT2D eigenvalue weighted by atomic mass is 10.0. The number of nitrogens with two attached hydrogens (primary N) is 1. The molecule has 0 unspecified atom stereocenters. The van der Waals surface area contributed by atoms with Crippen LogP contribution in [0.2, 0.25) is 0 Å². The third-order valence-corrected chi connectivity index (χ3v) is 3.78. The highest BCUT2D eigenvalue weighted by Gasteiger charge is 2.22. The predicted octanol–water partition coefficient (Wildman–Crippen LogP) is 0.131. The maximum atomic E-state index is 11.4. The van der Waals surface area contributed by atoms with E-state index in [2.05, 4.69) is 14.4 Å². The van der Waals surface area contributed by atoms with Crippen LogP contribution in [0.15, 0.2) is 22.6 Å². The molecule has 1 heterocycles. The number of amidine groups is 1. The van der Waals surface area contributed by atoms with Gasteiger partial charge in [-0.1, -0.05) is 12.1 Å². The first kappa shape index (κ1) is 14.3. The van der Waals surface area contributed by atoms with E-state index >= 15 is 0 Å². The molecule has 20 heavy (non-hydrogen) atoms. The van der Waals surface area contributed by atoms with Gasteiger partial charge in [-0.3, -0.25) is 9.52 Å². The van der Waals surface area contributed by atoms with Gasteiger partial charge in [0.05, 0.1) is 5.69 Å². The molecular formula is C12H16N4O3S. The molecule has 0 saturated heterocycles. The van der Waals surface area contributed by atoms with Crippen molar-refractivity contribution in [3.63, 3.8) is 0 Å². The monoisotopic (exact) mass is 296 g/mol. The van der Waals surface area contributed by atoms with E-state index in [4.69, 9.17) is 5.73 Å². The zero-order valence-corrected chi connectivity index (χ0v) is 11.8. The summed E-state index contributed by atoms with van der Waals surface area (Å²) in [4.78, 5) is 10.8. The quantitative estimate of drug-likeness (QED) is 0.685. The minimum Gasteiger partial charge on any atom is -0.382 e. The van der Waals surface area contributed by atoms with Gasteiger partial charge in [0.25, 0.3) is 0 Å². The van der Waals surface area contributed by atoms with Crippen LogP contribution in [0.1, 0.15) is 24.5 Å². The summed E-state index contributed by atoms with van der Waals surface area (Å²) in [6, 6.07) is 5.27. The zero-order chi connectivity index (χ0) is 14.8. The molecule has 4 N–H and O–H groups in total. The molecule has 1 aromatic carbocycles. The van der Waals surface area contributed by atoms with Gasteiger partial charge in [-0.2, -0.15) is 8.42 Å². The Labute approximate surface area is 117 Å². The summed E-state index contributed by atoms with van der Waals surface area (Å²) in [5, 5.41) is 2.71. The summed E-state index contributed by atoms with van der Waals surface area (Å²) in [7, 11) is -3.74. The van der Waals surface area contributed by atoms with Gasteiger partial charge in [-0.05, 0) is 24.5 Å². The number of anilines is 1. The van der Waals surface area contributed by atoms with E-state index in [1.807, 2.05) is 6.07 Å². The van der Waals surface area contributed by atoms with Crippen LogP contribution in [-0.4, -0.2) is 26.7 Å². The smallest absolute Gasteiger partial charge is 0.344 e. The normalized spacial score (nSPS) is 15.8. The average Bonchev–Trinajstić information content (AvgIpc) is 2.32. The first-order valence-corrected chi connectivity index (χ1v) is 7.58. The Bertz CT molecular complexity index is 667. The number of nitrogens with zero attached hydrogens (tertiary/aromatic N) is 1. The van der Waals surface area contributed by atoms with Crippen molar-refractivity contribution in [1.82, 2.24) is 5.32 Å². The Balaban J connectivity index is 2.19. The van der Waals surface area contributed by atoms with Crippen LogP contribution < -0.4 is 15.8 Å². The number of rotatable bonds is 4. The average molecular weight is 296 g/mol. The third kappa shape index (κ3) is 3.27. The fraction of sp³-hybridized carbons (Fsp3) is 0.333. The van der Waals surface area contributed by atoms with E-state index < -0.39 is 10.2 Å². The molecule has 2 rings (SSSR count). The lowest BCUT2D eigenvalue weighted by Crippen LogP contribution is -2.28. The summed E-state index contributed by atoms with van der Waals surface area (Å²) in [6.45, 7) is 2.02. The highest BCUT2D eigenvalue weighted by Crippen LogP contribution is 2.26. The SMILES string of the molecule is CC(=O)NCCCc1cccc2c1C(N)=NS(=O)(=O)N2. The third-order valence-electron chi connectivity index (χ3n) is 2.86. The molecule has 0 spiro atoms. The standard InChI is InChI=1S/C12H16N4O3S/c1-8(17)14-7-3-5-9-4-2-6-10-11(9)12(13)16-20(18,19)15-10/h2,4,6,15H,3,5,7H2,1H3,(H2,13,16)(H,14,17). The summed E-state index contributed by atoms with van der Waals surface area (Å²) >= 11 is 0. The number of carbonyl (C=O) groups is 1. The number of hydrogen-bond donors (Lipinski definition) is 3. The van der Waals surface area contributed by atoms with Gasteiger partial charge < -0.3 is 11.1 Å². The van der Waals surface area contributed by atoms with Crippen LogP contribution in [0.25, 0.3) is 0 Å². The van der Waals surface area contributed by atoms with Crippen molar-refractivity contribution in [3.8, 4) is 0 Å². The first-order chi connectivity index (χ1) is 9.39. The largest absolute Gasteiger partial charge is 0.382 e. The van der Waals surface area contributed by atoms with Crippen molar-refractivity contribution in [2.24, 2.45) is 10.1 Å². The molecule has 1 aromatic rings. The van der Waals surface area contributed by atoms with Crippen molar-refractivity contribution >= 4 is 27.6 Å². The molecular weight excluding hydrogens is 280 g/mol. The second-order valence-electron chi connectivity index (χ2n) is 4.48. The highest BCUT2D eigenvalue weighted by atomic mass is 32.2. The molecule has 0 radical (unpaired) electrons.